The Kier molecular flexibility index (Phi) is 6.08. The molecule has 2 aromatic rings. The normalized spacial score (nSPS) is 17.5. The number of carbonyl (C=O) groups is 1. The number of piperazine rings is 1. The number of hydrogen-bond acceptors (Lipinski definition) is 5. The molecular weight excluding hydrogens is 402 g/mol. The van der Waals surface area contributed by atoms with E-state index in [2.05, 4.69) is 17.4 Å². The molecule has 30 heavy (non-hydrogen) atoms. The van der Waals surface area contributed by atoms with Crippen molar-refractivity contribution in [1.29, 1.82) is 0 Å². The van der Waals surface area contributed by atoms with Crippen LogP contribution in [0.15, 0.2) is 47.4 Å². The first kappa shape index (κ1) is 20.8. The second kappa shape index (κ2) is 8.75. The average Bonchev–Trinajstić information content (AvgIpc) is 3.22. The van der Waals surface area contributed by atoms with Crippen LogP contribution in [0.4, 0.5) is 5.69 Å². The molecular formula is C22H27N3O4S. The molecule has 0 bridgehead atoms. The highest BCUT2D eigenvalue weighted by atomic mass is 32.2. The third kappa shape index (κ3) is 4.50. The molecule has 2 aliphatic rings. The van der Waals surface area contributed by atoms with Gasteiger partial charge in [-0.25, -0.2) is 8.42 Å². The van der Waals surface area contributed by atoms with Gasteiger partial charge in [0.05, 0.1) is 18.6 Å². The first-order valence-corrected chi connectivity index (χ1v) is 11.7. The summed E-state index contributed by atoms with van der Waals surface area (Å²) in [6, 6.07) is 12.5. The third-order valence-corrected chi connectivity index (χ3v) is 7.69. The molecule has 1 amide bonds. The predicted molar refractivity (Wildman–Crippen MR) is 115 cm³/mol. The largest absolute Gasteiger partial charge is 0.497 e. The van der Waals surface area contributed by atoms with Gasteiger partial charge in [0.2, 0.25) is 15.9 Å². The van der Waals surface area contributed by atoms with Crippen molar-refractivity contribution in [2.24, 2.45) is 0 Å². The minimum absolute atomic E-state index is 0.0700. The highest BCUT2D eigenvalue weighted by molar-refractivity contribution is 7.89. The van der Waals surface area contributed by atoms with Crippen LogP contribution in [-0.2, 0) is 27.7 Å². The van der Waals surface area contributed by atoms with Crippen LogP contribution in [0.25, 0.3) is 0 Å². The van der Waals surface area contributed by atoms with E-state index >= 15 is 0 Å². The lowest BCUT2D eigenvalue weighted by molar-refractivity contribution is -0.117. The molecule has 1 saturated heterocycles. The highest BCUT2D eigenvalue weighted by Gasteiger charge is 2.29. The summed E-state index contributed by atoms with van der Waals surface area (Å²) in [5, 5.41) is 2.97. The maximum absolute atomic E-state index is 12.8. The highest BCUT2D eigenvalue weighted by Crippen LogP contribution is 2.25. The van der Waals surface area contributed by atoms with Gasteiger partial charge in [-0.05, 0) is 66.8 Å². The van der Waals surface area contributed by atoms with Crippen molar-refractivity contribution >= 4 is 21.6 Å². The first-order chi connectivity index (χ1) is 14.5. The van der Waals surface area contributed by atoms with Crippen LogP contribution < -0.4 is 10.1 Å². The Morgan fingerprint density at radius 3 is 2.40 bits per heavy atom. The fourth-order valence-corrected chi connectivity index (χ4v) is 5.50. The molecule has 0 radical (unpaired) electrons. The van der Waals surface area contributed by atoms with Crippen molar-refractivity contribution in [3.63, 3.8) is 0 Å². The molecule has 0 saturated carbocycles. The Hall–Kier alpha value is -2.42. The molecule has 8 heteroatoms. The van der Waals surface area contributed by atoms with Crippen LogP contribution >= 0.6 is 0 Å². The monoisotopic (exact) mass is 429 g/mol. The van der Waals surface area contributed by atoms with Crippen molar-refractivity contribution in [2.45, 2.75) is 24.2 Å². The van der Waals surface area contributed by atoms with Crippen LogP contribution in [0.1, 0.15) is 17.5 Å². The number of aryl methyl sites for hydroxylation is 2. The summed E-state index contributed by atoms with van der Waals surface area (Å²) in [5.74, 6) is 0.549. The zero-order chi connectivity index (χ0) is 21.1. The summed E-state index contributed by atoms with van der Waals surface area (Å²) in [5.41, 5.74) is 3.54. The van der Waals surface area contributed by atoms with Crippen LogP contribution in [0.2, 0.25) is 0 Å². The van der Waals surface area contributed by atoms with E-state index in [9.17, 15) is 13.2 Å². The van der Waals surface area contributed by atoms with E-state index in [-0.39, 0.29) is 17.3 Å². The second-order valence-electron chi connectivity index (χ2n) is 7.74. The molecule has 1 aliphatic carbocycles. The van der Waals surface area contributed by atoms with Gasteiger partial charge in [-0.2, -0.15) is 4.31 Å². The standard InChI is InChI=1S/C22H27N3O4S/c1-29-20-7-9-21(10-8-20)30(27,28)25-13-11-24(12-14-25)16-22(26)23-19-6-5-17-3-2-4-18(17)15-19/h5-10,15H,2-4,11-14,16H2,1H3,(H,23,26). The van der Waals surface area contributed by atoms with E-state index in [0.717, 1.165) is 18.5 Å². The van der Waals surface area contributed by atoms with Crippen LogP contribution in [-0.4, -0.2) is 63.4 Å². The van der Waals surface area contributed by atoms with Gasteiger partial charge in [0.25, 0.3) is 0 Å². The molecule has 1 heterocycles. The molecule has 0 atom stereocenters. The molecule has 7 nitrogen and oxygen atoms in total. The van der Waals surface area contributed by atoms with E-state index in [1.807, 2.05) is 11.0 Å². The molecule has 1 aliphatic heterocycles. The van der Waals surface area contributed by atoms with Gasteiger partial charge in [-0.1, -0.05) is 6.07 Å². The number of benzene rings is 2. The van der Waals surface area contributed by atoms with Crippen molar-refractivity contribution in [2.75, 3.05) is 45.2 Å². The van der Waals surface area contributed by atoms with Crippen molar-refractivity contribution in [3.05, 3.63) is 53.6 Å². The first-order valence-electron chi connectivity index (χ1n) is 10.2. The molecule has 0 spiro atoms. The Bertz CT molecular complexity index is 1010. The molecule has 4 rings (SSSR count). The number of anilines is 1. The summed E-state index contributed by atoms with van der Waals surface area (Å²) in [7, 11) is -2.00. The zero-order valence-electron chi connectivity index (χ0n) is 17.1. The quantitative estimate of drug-likeness (QED) is 0.761. The lowest BCUT2D eigenvalue weighted by Crippen LogP contribution is -2.50. The fraction of sp³-hybridized carbons (Fsp3) is 0.409. The number of sulfonamides is 1. The SMILES string of the molecule is COc1ccc(S(=O)(=O)N2CCN(CC(=O)Nc3ccc4c(c3)CCC4)CC2)cc1. The Morgan fingerprint density at radius 2 is 1.70 bits per heavy atom. The van der Waals surface area contributed by atoms with Gasteiger partial charge in [-0.3, -0.25) is 9.69 Å². The molecule has 1 fully saturated rings. The van der Waals surface area contributed by atoms with Gasteiger partial charge in [0.1, 0.15) is 5.75 Å². The van der Waals surface area contributed by atoms with Gasteiger partial charge < -0.3 is 10.1 Å². The van der Waals surface area contributed by atoms with E-state index < -0.39 is 10.0 Å². The number of nitrogens with zero attached hydrogens (tertiary/aromatic N) is 2. The number of carbonyl (C=O) groups excluding carboxylic acids is 1. The average molecular weight is 430 g/mol. The van der Waals surface area contributed by atoms with E-state index in [0.29, 0.717) is 31.9 Å². The molecule has 2 aromatic carbocycles. The van der Waals surface area contributed by atoms with E-state index in [1.165, 1.54) is 21.9 Å². The lowest BCUT2D eigenvalue weighted by atomic mass is 10.1. The number of hydrogen-bond donors (Lipinski definition) is 1. The smallest absolute Gasteiger partial charge is 0.243 e. The van der Waals surface area contributed by atoms with Gasteiger partial charge in [0.15, 0.2) is 0 Å². The minimum atomic E-state index is -3.54. The Morgan fingerprint density at radius 1 is 1.00 bits per heavy atom. The van der Waals surface area contributed by atoms with Gasteiger partial charge in [0, 0.05) is 31.9 Å². The van der Waals surface area contributed by atoms with Crippen molar-refractivity contribution in [1.82, 2.24) is 9.21 Å². The van der Waals surface area contributed by atoms with Crippen molar-refractivity contribution in [3.8, 4) is 5.75 Å². The number of methoxy groups -OCH3 is 1. The number of fused-ring (bicyclic) bond motifs is 1. The Balaban J connectivity index is 1.30. The Labute approximate surface area is 177 Å². The lowest BCUT2D eigenvalue weighted by Gasteiger charge is -2.33. The van der Waals surface area contributed by atoms with Crippen molar-refractivity contribution < 1.29 is 17.9 Å². The summed E-state index contributed by atoms with van der Waals surface area (Å²) in [6.45, 7) is 2.02. The minimum Gasteiger partial charge on any atom is -0.497 e. The van der Waals surface area contributed by atoms with Crippen LogP contribution in [0.3, 0.4) is 0 Å². The maximum atomic E-state index is 12.8. The summed E-state index contributed by atoms with van der Waals surface area (Å²) >= 11 is 0. The fourth-order valence-electron chi connectivity index (χ4n) is 4.08. The number of ether oxygens (including phenoxy) is 1. The number of nitrogens with one attached hydrogen (secondary N) is 1. The number of amides is 1. The predicted octanol–water partition coefficient (Wildman–Crippen LogP) is 2.13. The summed E-state index contributed by atoms with van der Waals surface area (Å²) in [6.07, 6.45) is 3.37. The van der Waals surface area contributed by atoms with Crippen LogP contribution in [0.5, 0.6) is 5.75 Å². The van der Waals surface area contributed by atoms with Gasteiger partial charge >= 0.3 is 0 Å². The molecule has 0 aromatic heterocycles. The van der Waals surface area contributed by atoms with E-state index in [1.54, 1.807) is 31.4 Å². The third-order valence-electron chi connectivity index (χ3n) is 5.78. The zero-order valence-corrected chi connectivity index (χ0v) is 18.0. The van der Waals surface area contributed by atoms with Crippen LogP contribution in [0, 0.1) is 0 Å². The summed E-state index contributed by atoms with van der Waals surface area (Å²) < 4.78 is 32.2. The molecule has 0 unspecified atom stereocenters. The van der Waals surface area contributed by atoms with E-state index in [4.69, 9.17) is 4.74 Å². The number of rotatable bonds is 6. The molecule has 1 N–H and O–H groups in total. The summed E-state index contributed by atoms with van der Waals surface area (Å²) in [4.78, 5) is 14.7. The molecule has 160 valence electrons. The maximum Gasteiger partial charge on any atom is 0.243 e. The van der Waals surface area contributed by atoms with Gasteiger partial charge in [-0.15, -0.1) is 0 Å². The second-order valence-corrected chi connectivity index (χ2v) is 9.68. The topological polar surface area (TPSA) is 79.0 Å².